The summed E-state index contributed by atoms with van der Waals surface area (Å²) in [4.78, 5) is 26.7. The van der Waals surface area contributed by atoms with Crippen molar-refractivity contribution in [2.75, 3.05) is 13.1 Å². The third kappa shape index (κ3) is 4.66. The summed E-state index contributed by atoms with van der Waals surface area (Å²) in [5, 5.41) is 2.87. The molecule has 0 bridgehead atoms. The van der Waals surface area contributed by atoms with E-state index in [-0.39, 0.29) is 40.8 Å². The summed E-state index contributed by atoms with van der Waals surface area (Å²) in [7, 11) is -3.72. The summed E-state index contributed by atoms with van der Waals surface area (Å²) in [5.41, 5.74) is 0.752. The van der Waals surface area contributed by atoms with Crippen molar-refractivity contribution in [2.45, 2.75) is 70.1 Å². The Bertz CT molecular complexity index is 854. The second-order valence-electron chi connectivity index (χ2n) is 8.20. The molecule has 6 nitrogen and oxygen atoms in total. The van der Waals surface area contributed by atoms with Crippen LogP contribution in [0.1, 0.15) is 67.7 Å². The molecule has 1 unspecified atom stereocenters. The number of amides is 1. The van der Waals surface area contributed by atoms with E-state index in [9.17, 15) is 18.0 Å². The van der Waals surface area contributed by atoms with Crippen molar-refractivity contribution in [3.05, 3.63) is 15.3 Å². The molecule has 0 radical (unpaired) electrons. The highest BCUT2D eigenvalue weighted by molar-refractivity contribution is 7.89. The molecule has 156 valence electrons. The Labute approximate surface area is 171 Å². The van der Waals surface area contributed by atoms with E-state index in [1.165, 1.54) is 11.3 Å². The van der Waals surface area contributed by atoms with E-state index in [0.717, 1.165) is 29.7 Å². The van der Waals surface area contributed by atoms with Gasteiger partial charge in [-0.1, -0.05) is 13.8 Å². The summed E-state index contributed by atoms with van der Waals surface area (Å²) >= 11 is 1.36. The number of nitrogens with one attached hydrogen (secondary N) is 2. The van der Waals surface area contributed by atoms with Gasteiger partial charge in [-0.2, -0.15) is 0 Å². The Morgan fingerprint density at radius 2 is 1.93 bits per heavy atom. The van der Waals surface area contributed by atoms with Gasteiger partial charge in [-0.25, -0.2) is 13.1 Å². The van der Waals surface area contributed by atoms with Crippen LogP contribution in [0.2, 0.25) is 0 Å². The normalized spacial score (nSPS) is 19.5. The van der Waals surface area contributed by atoms with Crippen LogP contribution in [0.5, 0.6) is 0 Å². The van der Waals surface area contributed by atoms with E-state index < -0.39 is 10.0 Å². The van der Waals surface area contributed by atoms with Gasteiger partial charge in [-0.05, 0) is 50.5 Å². The average molecular weight is 427 g/mol. The van der Waals surface area contributed by atoms with Gasteiger partial charge < -0.3 is 5.32 Å². The summed E-state index contributed by atoms with van der Waals surface area (Å²) < 4.78 is 29.0. The predicted octanol–water partition coefficient (Wildman–Crippen LogP) is 2.76. The topological polar surface area (TPSA) is 92.3 Å². The van der Waals surface area contributed by atoms with E-state index in [1.807, 2.05) is 20.8 Å². The number of hydrogen-bond acceptors (Lipinski definition) is 5. The third-order valence-electron chi connectivity index (χ3n) is 5.28. The fourth-order valence-electron chi connectivity index (χ4n) is 3.69. The summed E-state index contributed by atoms with van der Waals surface area (Å²) in [6.07, 6.45) is 4.08. The van der Waals surface area contributed by atoms with Crippen LogP contribution in [-0.2, 0) is 32.5 Å². The van der Waals surface area contributed by atoms with Gasteiger partial charge >= 0.3 is 0 Å². The zero-order valence-electron chi connectivity index (χ0n) is 16.8. The maximum absolute atomic E-state index is 13.1. The Hall–Kier alpha value is -1.25. The van der Waals surface area contributed by atoms with E-state index in [1.54, 1.807) is 0 Å². The number of Topliss-reactive ketones (excluding diaryl/α,β-unsaturated/α-hetero) is 1. The number of fused-ring (bicyclic) bond motifs is 1. The first-order chi connectivity index (χ1) is 13.2. The number of carbonyl (C=O) groups is 2. The maximum atomic E-state index is 13.1. The monoisotopic (exact) mass is 426 g/mol. The quantitative estimate of drug-likeness (QED) is 0.635. The summed E-state index contributed by atoms with van der Waals surface area (Å²) in [6, 6.07) is 0. The van der Waals surface area contributed by atoms with Gasteiger partial charge in [0.1, 0.15) is 5.78 Å². The number of rotatable bonds is 9. The molecule has 0 aliphatic heterocycles. The van der Waals surface area contributed by atoms with Crippen molar-refractivity contribution in [2.24, 2.45) is 11.8 Å². The van der Waals surface area contributed by atoms with Crippen molar-refractivity contribution in [1.82, 2.24) is 10.0 Å². The number of likely N-dealkylation sites (N-methyl/N-ethyl adjacent to an activating group) is 1. The Morgan fingerprint density at radius 1 is 1.21 bits per heavy atom. The summed E-state index contributed by atoms with van der Waals surface area (Å²) in [6.45, 7) is 6.68. The molecular formula is C20H30N2O4S2. The zero-order valence-corrected chi connectivity index (χ0v) is 18.5. The zero-order chi connectivity index (χ0) is 20.5. The second kappa shape index (κ2) is 8.63. The minimum absolute atomic E-state index is 0.0520. The van der Waals surface area contributed by atoms with Crippen LogP contribution in [0.25, 0.3) is 0 Å². The predicted molar refractivity (Wildman–Crippen MR) is 110 cm³/mol. The molecule has 2 N–H and O–H groups in total. The van der Waals surface area contributed by atoms with Gasteiger partial charge in [0.25, 0.3) is 0 Å². The van der Waals surface area contributed by atoms with Crippen LogP contribution < -0.4 is 10.0 Å². The molecule has 0 aromatic carbocycles. The minimum atomic E-state index is -3.72. The van der Waals surface area contributed by atoms with Crippen molar-refractivity contribution in [3.63, 3.8) is 0 Å². The van der Waals surface area contributed by atoms with Crippen LogP contribution in [0, 0.1) is 11.8 Å². The molecule has 0 spiro atoms. The van der Waals surface area contributed by atoms with Gasteiger partial charge in [-0.15, -0.1) is 11.3 Å². The number of sulfonamides is 1. The highest BCUT2D eigenvalue weighted by Crippen LogP contribution is 2.44. The molecule has 8 heteroatoms. The molecule has 0 saturated heterocycles. The van der Waals surface area contributed by atoms with Gasteiger partial charge in [0.2, 0.25) is 15.9 Å². The Kier molecular flexibility index (Phi) is 6.61. The third-order valence-corrected chi connectivity index (χ3v) is 8.33. The fraction of sp³-hybridized carbons (Fsp3) is 0.700. The van der Waals surface area contributed by atoms with Crippen molar-refractivity contribution in [3.8, 4) is 0 Å². The molecule has 3 rings (SSSR count). The minimum Gasteiger partial charge on any atom is -0.356 e. The van der Waals surface area contributed by atoms with Gasteiger partial charge in [0.05, 0.1) is 10.8 Å². The number of ketones is 1. The standard InChI is InChI=1S/C20H30N2O4S2/c1-4-21-20(24)15-7-5-6-14-18(15)27-17(10-16(23)13-8-9-13)19(14)28(25,26)22-11-12(2)3/h12-13,15,22H,4-11H2,1-3H3,(H,21,24). The Balaban J connectivity index is 2.02. The number of carbonyl (C=O) groups excluding carboxylic acids is 2. The second-order valence-corrected chi connectivity index (χ2v) is 11.0. The fourth-order valence-corrected chi connectivity index (χ4v) is 7.20. The first-order valence-corrected chi connectivity index (χ1v) is 12.5. The lowest BCUT2D eigenvalue weighted by Crippen LogP contribution is -2.31. The largest absolute Gasteiger partial charge is 0.356 e. The highest BCUT2D eigenvalue weighted by atomic mass is 32.2. The van der Waals surface area contributed by atoms with Crippen molar-refractivity contribution >= 4 is 33.1 Å². The molecule has 1 saturated carbocycles. The SMILES string of the molecule is CCNC(=O)C1CCCc2c1sc(CC(=O)C1CC1)c2S(=O)(=O)NCC(C)C. The van der Waals surface area contributed by atoms with Crippen LogP contribution in [0.15, 0.2) is 4.90 Å². The van der Waals surface area contributed by atoms with E-state index in [4.69, 9.17) is 0 Å². The molecule has 28 heavy (non-hydrogen) atoms. The van der Waals surface area contributed by atoms with Crippen LogP contribution >= 0.6 is 11.3 Å². The van der Waals surface area contributed by atoms with E-state index in [0.29, 0.717) is 30.8 Å². The van der Waals surface area contributed by atoms with Crippen molar-refractivity contribution < 1.29 is 18.0 Å². The highest BCUT2D eigenvalue weighted by Gasteiger charge is 2.38. The van der Waals surface area contributed by atoms with Crippen LogP contribution in [0.4, 0.5) is 0 Å². The lowest BCUT2D eigenvalue weighted by molar-refractivity contribution is -0.122. The van der Waals surface area contributed by atoms with Gasteiger partial charge in [0.15, 0.2) is 0 Å². The molecular weight excluding hydrogens is 396 g/mol. The number of thiophene rings is 1. The van der Waals surface area contributed by atoms with Gasteiger partial charge in [0, 0.05) is 35.2 Å². The molecule has 1 fully saturated rings. The van der Waals surface area contributed by atoms with Gasteiger partial charge in [-0.3, -0.25) is 9.59 Å². The maximum Gasteiger partial charge on any atom is 0.241 e. The molecule has 1 atom stereocenters. The molecule has 1 aromatic rings. The van der Waals surface area contributed by atoms with Crippen molar-refractivity contribution in [1.29, 1.82) is 0 Å². The molecule has 2 aliphatic rings. The van der Waals surface area contributed by atoms with Crippen LogP contribution in [-0.4, -0.2) is 33.2 Å². The first kappa shape index (κ1) is 21.5. The lowest BCUT2D eigenvalue weighted by atomic mass is 9.88. The van der Waals surface area contributed by atoms with E-state index in [2.05, 4.69) is 10.0 Å². The Morgan fingerprint density at radius 3 is 2.54 bits per heavy atom. The smallest absolute Gasteiger partial charge is 0.241 e. The van der Waals surface area contributed by atoms with E-state index >= 15 is 0 Å². The molecule has 2 aliphatic carbocycles. The first-order valence-electron chi connectivity index (χ1n) is 10.2. The molecule has 1 heterocycles. The molecule has 1 amide bonds. The molecule has 1 aromatic heterocycles. The number of hydrogen-bond donors (Lipinski definition) is 2. The average Bonchev–Trinajstić information content (AvgIpc) is 3.41. The summed E-state index contributed by atoms with van der Waals surface area (Å²) in [5.74, 6) is 0.0104. The lowest BCUT2D eigenvalue weighted by Gasteiger charge is -2.22. The van der Waals surface area contributed by atoms with Crippen LogP contribution in [0.3, 0.4) is 0 Å².